The molecule has 0 aliphatic rings. The van der Waals surface area contributed by atoms with Crippen molar-refractivity contribution in [1.82, 2.24) is 4.98 Å². The molecule has 110 valence electrons. The van der Waals surface area contributed by atoms with Crippen molar-refractivity contribution in [2.45, 2.75) is 20.0 Å². The molecule has 5 nitrogen and oxygen atoms in total. The van der Waals surface area contributed by atoms with Crippen molar-refractivity contribution in [2.75, 3.05) is 11.1 Å². The number of aromatic nitrogens is 1. The first-order chi connectivity index (χ1) is 9.99. The summed E-state index contributed by atoms with van der Waals surface area (Å²) < 4.78 is 6.14. The van der Waals surface area contributed by atoms with Gasteiger partial charge >= 0.3 is 0 Å². The minimum atomic E-state index is -0.282. The number of benzene rings is 1. The molecule has 3 N–H and O–H groups in total. The van der Waals surface area contributed by atoms with E-state index in [1.165, 1.54) is 0 Å². The molecule has 2 rings (SSSR count). The van der Waals surface area contributed by atoms with Crippen LogP contribution in [0.25, 0.3) is 0 Å². The van der Waals surface area contributed by atoms with E-state index in [4.69, 9.17) is 10.5 Å². The third-order valence-electron chi connectivity index (χ3n) is 2.64. The number of nitrogens with two attached hydrogens (primary N) is 1. The highest BCUT2D eigenvalue weighted by Crippen LogP contribution is 2.27. The highest BCUT2D eigenvalue weighted by atomic mass is 79.9. The van der Waals surface area contributed by atoms with Crippen LogP contribution in [-0.4, -0.2) is 17.0 Å². The number of pyridine rings is 1. The minimum absolute atomic E-state index is 0.0327. The molecule has 0 bridgehead atoms. The number of halogens is 1. The molecule has 0 fully saturated rings. The summed E-state index contributed by atoms with van der Waals surface area (Å²) in [5.41, 5.74) is 7.26. The van der Waals surface area contributed by atoms with Gasteiger partial charge in [0.15, 0.2) is 0 Å². The maximum Gasteiger partial charge on any atom is 0.257 e. The van der Waals surface area contributed by atoms with Gasteiger partial charge in [-0.1, -0.05) is 6.07 Å². The van der Waals surface area contributed by atoms with Crippen LogP contribution in [0.1, 0.15) is 24.2 Å². The Hall–Kier alpha value is -2.08. The first kappa shape index (κ1) is 15.3. The van der Waals surface area contributed by atoms with E-state index < -0.39 is 0 Å². The molecule has 1 aromatic heterocycles. The van der Waals surface area contributed by atoms with Crippen LogP contribution in [-0.2, 0) is 0 Å². The fourth-order valence-corrected chi connectivity index (χ4v) is 2.16. The molecule has 0 aliphatic heterocycles. The first-order valence-electron chi connectivity index (χ1n) is 6.46. The molecule has 1 aromatic carbocycles. The highest BCUT2D eigenvalue weighted by Gasteiger charge is 2.15. The fourth-order valence-electron chi connectivity index (χ4n) is 1.72. The van der Waals surface area contributed by atoms with Crippen molar-refractivity contribution < 1.29 is 9.53 Å². The molecular formula is C15H16BrN3O2. The zero-order valence-corrected chi connectivity index (χ0v) is 13.3. The lowest BCUT2D eigenvalue weighted by Gasteiger charge is -2.14. The number of nitrogens with one attached hydrogen (secondary N) is 1. The predicted octanol–water partition coefficient (Wildman–Crippen LogP) is 3.47. The number of nitrogen functional groups attached to an aromatic ring is 1. The van der Waals surface area contributed by atoms with Gasteiger partial charge in [0.05, 0.1) is 16.1 Å². The lowest BCUT2D eigenvalue weighted by molar-refractivity contribution is 0.102. The average molecular weight is 350 g/mol. The number of rotatable bonds is 4. The van der Waals surface area contributed by atoms with Crippen molar-refractivity contribution >= 4 is 33.2 Å². The van der Waals surface area contributed by atoms with E-state index in [1.807, 2.05) is 13.8 Å². The fraction of sp³-hybridized carbons (Fsp3) is 0.200. The third kappa shape index (κ3) is 3.72. The molecule has 0 spiro atoms. The Morgan fingerprint density at radius 3 is 2.81 bits per heavy atom. The Kier molecular flexibility index (Phi) is 4.80. The normalized spacial score (nSPS) is 10.5. The SMILES string of the molecule is CC(C)Oc1ncccc1NC(=O)c1cccc(N)c1Br. The van der Waals surface area contributed by atoms with Gasteiger partial charge in [-0.25, -0.2) is 4.98 Å². The van der Waals surface area contributed by atoms with Crippen molar-refractivity contribution in [1.29, 1.82) is 0 Å². The van der Waals surface area contributed by atoms with Gasteiger partial charge in [-0.05, 0) is 54.0 Å². The van der Waals surface area contributed by atoms with Crippen LogP contribution < -0.4 is 15.8 Å². The molecule has 1 amide bonds. The predicted molar refractivity (Wildman–Crippen MR) is 86.5 cm³/mol. The van der Waals surface area contributed by atoms with Crippen molar-refractivity contribution in [3.63, 3.8) is 0 Å². The summed E-state index contributed by atoms with van der Waals surface area (Å²) in [6.07, 6.45) is 1.58. The van der Waals surface area contributed by atoms with Crippen LogP contribution >= 0.6 is 15.9 Å². The van der Waals surface area contributed by atoms with E-state index in [0.29, 0.717) is 27.3 Å². The van der Waals surface area contributed by atoms with Gasteiger partial charge in [0.1, 0.15) is 5.69 Å². The van der Waals surface area contributed by atoms with E-state index in [2.05, 4.69) is 26.2 Å². The van der Waals surface area contributed by atoms with Crippen LogP contribution in [0.2, 0.25) is 0 Å². The zero-order valence-electron chi connectivity index (χ0n) is 11.8. The maximum atomic E-state index is 12.3. The summed E-state index contributed by atoms with van der Waals surface area (Å²) in [4.78, 5) is 16.5. The average Bonchev–Trinajstić information content (AvgIpc) is 2.43. The molecule has 2 aromatic rings. The highest BCUT2D eigenvalue weighted by molar-refractivity contribution is 9.10. The summed E-state index contributed by atoms with van der Waals surface area (Å²) in [7, 11) is 0. The number of hydrogen-bond donors (Lipinski definition) is 2. The molecule has 21 heavy (non-hydrogen) atoms. The second-order valence-electron chi connectivity index (χ2n) is 4.69. The lowest BCUT2D eigenvalue weighted by atomic mass is 10.2. The smallest absolute Gasteiger partial charge is 0.257 e. The van der Waals surface area contributed by atoms with Crippen LogP contribution in [0.15, 0.2) is 41.0 Å². The Morgan fingerprint density at radius 1 is 1.33 bits per heavy atom. The summed E-state index contributed by atoms with van der Waals surface area (Å²) in [6.45, 7) is 3.80. The third-order valence-corrected chi connectivity index (χ3v) is 3.52. The number of nitrogens with zero attached hydrogens (tertiary/aromatic N) is 1. The monoisotopic (exact) mass is 349 g/mol. The van der Waals surface area contributed by atoms with Gasteiger partial charge in [0.25, 0.3) is 5.91 Å². The molecular weight excluding hydrogens is 334 g/mol. The Morgan fingerprint density at radius 2 is 2.10 bits per heavy atom. The van der Waals surface area contributed by atoms with E-state index in [9.17, 15) is 4.79 Å². The summed E-state index contributed by atoms with van der Waals surface area (Å²) in [5, 5.41) is 2.79. The van der Waals surface area contributed by atoms with E-state index >= 15 is 0 Å². The summed E-state index contributed by atoms with van der Waals surface area (Å²) >= 11 is 3.32. The molecule has 6 heteroatoms. The Balaban J connectivity index is 2.26. The number of amides is 1. The van der Waals surface area contributed by atoms with Gasteiger partial charge in [0, 0.05) is 11.9 Å². The Labute approximate surface area is 131 Å². The van der Waals surface area contributed by atoms with E-state index in [0.717, 1.165) is 0 Å². The van der Waals surface area contributed by atoms with E-state index in [1.54, 1.807) is 36.5 Å². The second kappa shape index (κ2) is 6.58. The van der Waals surface area contributed by atoms with Crippen LogP contribution in [0.3, 0.4) is 0 Å². The first-order valence-corrected chi connectivity index (χ1v) is 7.25. The minimum Gasteiger partial charge on any atom is -0.473 e. The van der Waals surface area contributed by atoms with Crippen molar-refractivity contribution in [3.8, 4) is 5.88 Å². The standard InChI is InChI=1S/C15H16BrN3O2/c1-9(2)21-15-12(7-4-8-18-15)19-14(20)10-5-3-6-11(17)13(10)16/h3-9H,17H2,1-2H3,(H,19,20). The maximum absolute atomic E-state index is 12.3. The topological polar surface area (TPSA) is 77.2 Å². The zero-order chi connectivity index (χ0) is 15.4. The molecule has 0 atom stereocenters. The van der Waals surface area contributed by atoms with E-state index in [-0.39, 0.29) is 12.0 Å². The van der Waals surface area contributed by atoms with Crippen LogP contribution in [0, 0.1) is 0 Å². The number of anilines is 2. The van der Waals surface area contributed by atoms with Crippen molar-refractivity contribution in [3.05, 3.63) is 46.6 Å². The molecule has 1 heterocycles. The number of ether oxygens (including phenoxy) is 1. The number of carbonyl (C=O) groups excluding carboxylic acids is 1. The van der Waals surface area contributed by atoms with Crippen molar-refractivity contribution in [2.24, 2.45) is 0 Å². The van der Waals surface area contributed by atoms with Gasteiger partial charge in [-0.15, -0.1) is 0 Å². The summed E-state index contributed by atoms with van der Waals surface area (Å²) in [6, 6.07) is 8.61. The molecule has 0 aliphatic carbocycles. The lowest BCUT2D eigenvalue weighted by Crippen LogP contribution is -2.16. The molecule has 0 unspecified atom stereocenters. The molecule has 0 radical (unpaired) electrons. The quantitative estimate of drug-likeness (QED) is 0.828. The second-order valence-corrected chi connectivity index (χ2v) is 5.48. The Bertz CT molecular complexity index is 659. The largest absolute Gasteiger partial charge is 0.473 e. The van der Waals surface area contributed by atoms with Gasteiger partial charge in [-0.3, -0.25) is 4.79 Å². The van der Waals surface area contributed by atoms with Gasteiger partial charge < -0.3 is 15.8 Å². The van der Waals surface area contributed by atoms with Crippen LogP contribution in [0.4, 0.5) is 11.4 Å². The van der Waals surface area contributed by atoms with Crippen LogP contribution in [0.5, 0.6) is 5.88 Å². The molecule has 0 saturated carbocycles. The number of carbonyl (C=O) groups is 1. The summed E-state index contributed by atoms with van der Waals surface area (Å²) in [5.74, 6) is 0.108. The van der Waals surface area contributed by atoms with Gasteiger partial charge in [-0.2, -0.15) is 0 Å². The number of hydrogen-bond acceptors (Lipinski definition) is 4. The van der Waals surface area contributed by atoms with Gasteiger partial charge in [0.2, 0.25) is 5.88 Å². The molecule has 0 saturated heterocycles.